The zero-order chi connectivity index (χ0) is 19.8. The number of benzene rings is 1. The number of hydrogen-bond donors (Lipinski definition) is 3. The largest absolute Gasteiger partial charge is 0.352 e. The second-order valence-corrected chi connectivity index (χ2v) is 6.98. The molecule has 142 valence electrons. The monoisotopic (exact) mass is 406 g/mol. The predicted molar refractivity (Wildman–Crippen MR) is 107 cm³/mol. The molecule has 1 heterocycles. The lowest BCUT2D eigenvalue weighted by atomic mass is 10.2. The molecule has 1 aromatic carbocycles. The highest BCUT2D eigenvalue weighted by Gasteiger charge is 2.10. The fraction of sp³-hybridized carbons (Fsp3) is 0.222. The summed E-state index contributed by atoms with van der Waals surface area (Å²) in [4.78, 5) is 42.3. The van der Waals surface area contributed by atoms with Crippen molar-refractivity contribution in [3.8, 4) is 0 Å². The van der Waals surface area contributed by atoms with Crippen LogP contribution >= 0.6 is 23.4 Å². The van der Waals surface area contributed by atoms with Crippen molar-refractivity contribution in [1.82, 2.24) is 15.3 Å². The molecular weight excluding hydrogens is 388 g/mol. The first-order chi connectivity index (χ1) is 12.9. The molecule has 0 atom stereocenters. The molecule has 2 amide bonds. The number of nitrogens with one attached hydrogen (secondary N) is 3. The molecule has 7 nitrogen and oxygen atoms in total. The maximum atomic E-state index is 12.1. The van der Waals surface area contributed by atoms with Gasteiger partial charge < -0.3 is 15.6 Å². The molecule has 0 aliphatic heterocycles. The van der Waals surface area contributed by atoms with Gasteiger partial charge in [-0.05, 0) is 24.6 Å². The Hall–Kier alpha value is -2.58. The number of anilines is 1. The molecule has 9 heteroatoms. The number of hydrogen-bond acceptors (Lipinski definition) is 5. The molecule has 2 aromatic rings. The fourth-order valence-corrected chi connectivity index (χ4v) is 2.93. The van der Waals surface area contributed by atoms with Gasteiger partial charge >= 0.3 is 0 Å². The second kappa shape index (κ2) is 9.94. The van der Waals surface area contributed by atoms with E-state index in [1.807, 2.05) is 13.0 Å². The van der Waals surface area contributed by atoms with Gasteiger partial charge in [0, 0.05) is 23.3 Å². The number of nitrogens with zero attached hydrogens (tertiary/aromatic N) is 1. The molecule has 0 aliphatic rings. The van der Waals surface area contributed by atoms with Crippen LogP contribution in [0.3, 0.4) is 0 Å². The van der Waals surface area contributed by atoms with Gasteiger partial charge in [-0.25, -0.2) is 4.98 Å². The second-order valence-electron chi connectivity index (χ2n) is 5.61. The van der Waals surface area contributed by atoms with E-state index in [9.17, 15) is 14.4 Å². The number of thioether (sulfide) groups is 1. The summed E-state index contributed by atoms with van der Waals surface area (Å²) in [6, 6.07) is 6.49. The number of aromatic nitrogens is 2. The number of carbonyl (C=O) groups excluding carboxylic acids is 2. The van der Waals surface area contributed by atoms with Crippen molar-refractivity contribution in [1.29, 1.82) is 0 Å². The number of halogens is 1. The Morgan fingerprint density at radius 1 is 1.33 bits per heavy atom. The molecule has 3 N–H and O–H groups in total. The topological polar surface area (TPSA) is 104 Å². The van der Waals surface area contributed by atoms with Gasteiger partial charge in [0.15, 0.2) is 5.16 Å². The average molecular weight is 407 g/mol. The van der Waals surface area contributed by atoms with E-state index >= 15 is 0 Å². The minimum Gasteiger partial charge on any atom is -0.352 e. The number of carbonyl (C=O) groups is 2. The first-order valence-electron chi connectivity index (χ1n) is 8.04. The van der Waals surface area contributed by atoms with Crippen LogP contribution in [0.4, 0.5) is 5.69 Å². The highest BCUT2D eigenvalue weighted by Crippen LogP contribution is 2.20. The first kappa shape index (κ1) is 20.7. The van der Waals surface area contributed by atoms with Crippen molar-refractivity contribution in [2.75, 3.05) is 17.6 Å². The molecule has 0 saturated carbocycles. The van der Waals surface area contributed by atoms with Crippen molar-refractivity contribution < 1.29 is 9.59 Å². The number of aromatic amines is 1. The third kappa shape index (κ3) is 6.92. The van der Waals surface area contributed by atoms with Gasteiger partial charge in [0.2, 0.25) is 11.8 Å². The number of rotatable bonds is 8. The summed E-state index contributed by atoms with van der Waals surface area (Å²) in [7, 11) is 0. The predicted octanol–water partition coefficient (Wildman–Crippen LogP) is 2.31. The van der Waals surface area contributed by atoms with Crippen molar-refractivity contribution in [2.24, 2.45) is 0 Å². The zero-order valence-electron chi connectivity index (χ0n) is 14.7. The van der Waals surface area contributed by atoms with E-state index in [2.05, 4.69) is 27.2 Å². The normalized spacial score (nSPS) is 10.3. The Morgan fingerprint density at radius 3 is 2.81 bits per heavy atom. The van der Waals surface area contributed by atoms with Crippen LogP contribution < -0.4 is 16.2 Å². The molecule has 0 saturated heterocycles. The van der Waals surface area contributed by atoms with Crippen LogP contribution in [0.5, 0.6) is 0 Å². The van der Waals surface area contributed by atoms with E-state index < -0.39 is 0 Å². The van der Waals surface area contributed by atoms with Crippen LogP contribution in [0.25, 0.3) is 0 Å². The summed E-state index contributed by atoms with van der Waals surface area (Å²) in [6.45, 7) is 5.73. The summed E-state index contributed by atoms with van der Waals surface area (Å²) in [5.74, 6) is -0.491. The molecule has 1 aromatic heterocycles. The lowest BCUT2D eigenvalue weighted by Gasteiger charge is -2.07. The molecule has 27 heavy (non-hydrogen) atoms. The Morgan fingerprint density at radius 2 is 2.11 bits per heavy atom. The van der Waals surface area contributed by atoms with E-state index in [0.717, 1.165) is 17.3 Å². The third-order valence-electron chi connectivity index (χ3n) is 3.35. The minimum atomic E-state index is -0.384. The summed E-state index contributed by atoms with van der Waals surface area (Å²) >= 11 is 7.10. The summed E-state index contributed by atoms with van der Waals surface area (Å²) in [6.07, 6.45) is 1.53. The number of H-pyrrole nitrogens is 1. The van der Waals surface area contributed by atoms with Gasteiger partial charge in [-0.2, -0.15) is 0 Å². The average Bonchev–Trinajstić information content (AvgIpc) is 2.61. The maximum Gasteiger partial charge on any atom is 0.251 e. The molecule has 0 fully saturated rings. The van der Waals surface area contributed by atoms with Gasteiger partial charge in [-0.15, -0.1) is 6.58 Å². The molecule has 0 unspecified atom stereocenters. The standard InChI is InChI=1S/C18H19ClN4O3S/c1-3-6-20-15(24)8-13-9-16(25)23-18(22-13)27-10-17(26)21-12-5-4-11(2)14(19)7-12/h3-5,7,9H,1,6,8,10H2,2H3,(H,20,24)(H,21,26)(H,22,23,25). The summed E-state index contributed by atoms with van der Waals surface area (Å²) in [5, 5.41) is 6.18. The molecular formula is C18H19ClN4O3S. The lowest BCUT2D eigenvalue weighted by Crippen LogP contribution is -2.26. The highest BCUT2D eigenvalue weighted by molar-refractivity contribution is 7.99. The Kier molecular flexibility index (Phi) is 7.63. The van der Waals surface area contributed by atoms with Crippen LogP contribution in [0.1, 0.15) is 11.3 Å². The highest BCUT2D eigenvalue weighted by atomic mass is 35.5. The fourth-order valence-electron chi connectivity index (χ4n) is 2.06. The van der Waals surface area contributed by atoms with Crippen molar-refractivity contribution in [2.45, 2.75) is 18.5 Å². The van der Waals surface area contributed by atoms with Crippen molar-refractivity contribution in [3.05, 3.63) is 63.6 Å². The van der Waals surface area contributed by atoms with Crippen LogP contribution in [0.2, 0.25) is 5.02 Å². The minimum absolute atomic E-state index is 0.0284. The van der Waals surface area contributed by atoms with Crippen molar-refractivity contribution >= 4 is 40.9 Å². The quantitative estimate of drug-likeness (QED) is 0.354. The Labute approximate surface area is 165 Å². The number of aryl methyl sites for hydroxylation is 1. The van der Waals surface area contributed by atoms with Crippen LogP contribution in [0, 0.1) is 6.92 Å². The van der Waals surface area contributed by atoms with E-state index in [1.54, 1.807) is 18.2 Å². The Bertz CT molecular complexity index is 914. The lowest BCUT2D eigenvalue weighted by molar-refractivity contribution is -0.120. The van der Waals surface area contributed by atoms with Crippen LogP contribution in [-0.2, 0) is 16.0 Å². The van der Waals surface area contributed by atoms with E-state index in [-0.39, 0.29) is 34.7 Å². The molecule has 0 spiro atoms. The van der Waals surface area contributed by atoms with E-state index in [4.69, 9.17) is 11.6 Å². The van der Waals surface area contributed by atoms with Gasteiger partial charge in [0.05, 0.1) is 17.9 Å². The first-order valence-corrected chi connectivity index (χ1v) is 9.40. The van der Waals surface area contributed by atoms with Gasteiger partial charge in [-0.1, -0.05) is 35.5 Å². The molecule has 0 bridgehead atoms. The van der Waals surface area contributed by atoms with E-state index in [1.165, 1.54) is 6.07 Å². The number of amides is 2. The smallest absolute Gasteiger partial charge is 0.251 e. The molecule has 2 rings (SSSR count). The van der Waals surface area contributed by atoms with E-state index in [0.29, 0.717) is 22.9 Å². The van der Waals surface area contributed by atoms with Gasteiger partial charge in [-0.3, -0.25) is 14.4 Å². The van der Waals surface area contributed by atoms with Gasteiger partial charge in [0.1, 0.15) is 0 Å². The summed E-state index contributed by atoms with van der Waals surface area (Å²) < 4.78 is 0. The molecule has 0 aliphatic carbocycles. The Balaban J connectivity index is 1.95. The summed E-state index contributed by atoms with van der Waals surface area (Å²) in [5.41, 5.74) is 1.45. The zero-order valence-corrected chi connectivity index (χ0v) is 16.2. The van der Waals surface area contributed by atoms with Crippen LogP contribution in [-0.4, -0.2) is 34.1 Å². The molecule has 0 radical (unpaired) electrons. The van der Waals surface area contributed by atoms with Crippen molar-refractivity contribution in [3.63, 3.8) is 0 Å². The maximum absolute atomic E-state index is 12.1. The van der Waals surface area contributed by atoms with Gasteiger partial charge in [0.25, 0.3) is 5.56 Å². The third-order valence-corrected chi connectivity index (χ3v) is 4.63. The SMILES string of the molecule is C=CCNC(=O)Cc1cc(=O)[nH]c(SCC(=O)Nc2ccc(C)c(Cl)c2)n1. The van der Waals surface area contributed by atoms with Crippen LogP contribution in [0.15, 0.2) is 46.9 Å².